The lowest BCUT2D eigenvalue weighted by Gasteiger charge is -2.06. The van der Waals surface area contributed by atoms with Gasteiger partial charge in [0.05, 0.1) is 0 Å². The highest BCUT2D eigenvalue weighted by atomic mass is 14.5. The summed E-state index contributed by atoms with van der Waals surface area (Å²) in [6.45, 7) is 5.05. The quantitative estimate of drug-likeness (QED) is 0.574. The van der Waals surface area contributed by atoms with Crippen LogP contribution in [-0.4, -0.2) is 6.54 Å². The van der Waals surface area contributed by atoms with Crippen molar-refractivity contribution in [3.63, 3.8) is 0 Å². The lowest BCUT2D eigenvalue weighted by molar-refractivity contribution is 0.528. The van der Waals surface area contributed by atoms with E-state index in [1.54, 1.807) is 0 Å². The summed E-state index contributed by atoms with van der Waals surface area (Å²) in [5.41, 5.74) is 5.49. The molecule has 0 spiro atoms. The molecule has 0 radical (unpaired) electrons. The fraction of sp³-hybridized carbons (Fsp3) is 0.750. The number of hydrogen-bond donors (Lipinski definition) is 1. The normalized spacial score (nSPS) is 14.6. The Morgan fingerprint density at radius 2 is 2.22 bits per heavy atom. The fourth-order valence-electron chi connectivity index (χ4n) is 0.758. The lowest BCUT2D eigenvalue weighted by Crippen LogP contribution is -2.12. The number of rotatable bonds is 4. The summed E-state index contributed by atoms with van der Waals surface area (Å²) in [7, 11) is 0. The summed E-state index contributed by atoms with van der Waals surface area (Å²) in [6, 6.07) is 0. The maximum atomic E-state index is 5.49. The second-order valence-corrected chi connectivity index (χ2v) is 2.31. The van der Waals surface area contributed by atoms with Crippen molar-refractivity contribution in [1.29, 1.82) is 0 Å². The van der Waals surface area contributed by atoms with Gasteiger partial charge in [-0.3, -0.25) is 0 Å². The molecular formula is C8H17N. The lowest BCUT2D eigenvalue weighted by atomic mass is 10.0. The van der Waals surface area contributed by atoms with Crippen molar-refractivity contribution < 1.29 is 0 Å². The average molecular weight is 127 g/mol. The Morgan fingerprint density at radius 1 is 1.56 bits per heavy atom. The van der Waals surface area contributed by atoms with Crippen molar-refractivity contribution in [2.45, 2.75) is 26.7 Å². The minimum Gasteiger partial charge on any atom is -0.330 e. The zero-order valence-electron chi connectivity index (χ0n) is 6.43. The Bertz CT molecular complexity index is 72.6. The largest absolute Gasteiger partial charge is 0.330 e. The van der Waals surface area contributed by atoms with Crippen LogP contribution in [0.15, 0.2) is 12.2 Å². The third-order valence-corrected chi connectivity index (χ3v) is 1.62. The molecule has 54 valence electrons. The van der Waals surface area contributed by atoms with Gasteiger partial charge in [-0.2, -0.15) is 0 Å². The molecule has 2 N–H and O–H groups in total. The molecule has 0 aliphatic carbocycles. The SMILES string of the molecule is C/C=C/CC(CC)CN. The molecule has 0 fully saturated rings. The Labute approximate surface area is 57.9 Å². The van der Waals surface area contributed by atoms with Crippen LogP contribution in [0, 0.1) is 5.92 Å². The highest BCUT2D eigenvalue weighted by Gasteiger charge is 1.98. The van der Waals surface area contributed by atoms with Crippen LogP contribution in [0.2, 0.25) is 0 Å². The number of allylic oxidation sites excluding steroid dienone is 2. The van der Waals surface area contributed by atoms with Crippen LogP contribution >= 0.6 is 0 Å². The molecule has 0 aromatic carbocycles. The van der Waals surface area contributed by atoms with Crippen molar-refractivity contribution in [3.05, 3.63) is 12.2 Å². The topological polar surface area (TPSA) is 26.0 Å². The summed E-state index contributed by atoms with van der Waals surface area (Å²) < 4.78 is 0. The van der Waals surface area contributed by atoms with Gasteiger partial charge in [-0.05, 0) is 25.8 Å². The minimum absolute atomic E-state index is 0.696. The van der Waals surface area contributed by atoms with Gasteiger partial charge in [-0.1, -0.05) is 25.5 Å². The second kappa shape index (κ2) is 5.83. The van der Waals surface area contributed by atoms with Gasteiger partial charge >= 0.3 is 0 Å². The molecular weight excluding hydrogens is 110 g/mol. The average Bonchev–Trinajstić information content (AvgIpc) is 1.91. The Balaban J connectivity index is 3.31. The molecule has 0 aliphatic heterocycles. The third kappa shape index (κ3) is 4.22. The van der Waals surface area contributed by atoms with Crippen molar-refractivity contribution in [2.75, 3.05) is 6.54 Å². The van der Waals surface area contributed by atoms with Gasteiger partial charge in [-0.25, -0.2) is 0 Å². The summed E-state index contributed by atoms with van der Waals surface area (Å²) in [5.74, 6) is 0.696. The van der Waals surface area contributed by atoms with E-state index in [-0.39, 0.29) is 0 Å². The first kappa shape index (κ1) is 8.70. The molecule has 9 heavy (non-hydrogen) atoms. The molecule has 0 amide bonds. The van der Waals surface area contributed by atoms with E-state index in [0.29, 0.717) is 5.92 Å². The third-order valence-electron chi connectivity index (χ3n) is 1.62. The van der Waals surface area contributed by atoms with E-state index >= 15 is 0 Å². The van der Waals surface area contributed by atoms with Crippen LogP contribution in [-0.2, 0) is 0 Å². The van der Waals surface area contributed by atoms with E-state index in [0.717, 1.165) is 13.0 Å². The van der Waals surface area contributed by atoms with Gasteiger partial charge < -0.3 is 5.73 Å². The Hall–Kier alpha value is -0.300. The van der Waals surface area contributed by atoms with Crippen LogP contribution in [0.5, 0.6) is 0 Å². The maximum Gasteiger partial charge on any atom is -0.00460 e. The zero-order chi connectivity index (χ0) is 7.11. The smallest absolute Gasteiger partial charge is 0.00460 e. The molecule has 0 heterocycles. The minimum atomic E-state index is 0.696. The van der Waals surface area contributed by atoms with Gasteiger partial charge in [0.25, 0.3) is 0 Å². The molecule has 1 nitrogen and oxygen atoms in total. The number of hydrogen-bond acceptors (Lipinski definition) is 1. The number of nitrogens with two attached hydrogens (primary N) is 1. The van der Waals surface area contributed by atoms with E-state index in [1.807, 2.05) is 6.92 Å². The van der Waals surface area contributed by atoms with Crippen LogP contribution in [0.4, 0.5) is 0 Å². The van der Waals surface area contributed by atoms with E-state index in [9.17, 15) is 0 Å². The van der Waals surface area contributed by atoms with Crippen LogP contribution in [0.3, 0.4) is 0 Å². The highest BCUT2D eigenvalue weighted by molar-refractivity contribution is 4.80. The van der Waals surface area contributed by atoms with Crippen molar-refractivity contribution >= 4 is 0 Å². The maximum absolute atomic E-state index is 5.49. The van der Waals surface area contributed by atoms with E-state index in [2.05, 4.69) is 19.1 Å². The summed E-state index contributed by atoms with van der Waals surface area (Å²) in [6.07, 6.45) is 6.60. The second-order valence-electron chi connectivity index (χ2n) is 2.31. The summed E-state index contributed by atoms with van der Waals surface area (Å²) in [4.78, 5) is 0. The highest BCUT2D eigenvalue weighted by Crippen LogP contribution is 2.05. The van der Waals surface area contributed by atoms with Gasteiger partial charge in [-0.15, -0.1) is 0 Å². The fourth-order valence-corrected chi connectivity index (χ4v) is 0.758. The molecule has 1 heteroatoms. The van der Waals surface area contributed by atoms with Crippen molar-refractivity contribution in [1.82, 2.24) is 0 Å². The van der Waals surface area contributed by atoms with Gasteiger partial charge in [0, 0.05) is 0 Å². The van der Waals surface area contributed by atoms with Crippen LogP contribution < -0.4 is 5.73 Å². The van der Waals surface area contributed by atoms with E-state index in [4.69, 9.17) is 5.73 Å². The molecule has 0 saturated heterocycles. The molecule has 1 atom stereocenters. The van der Waals surface area contributed by atoms with Crippen molar-refractivity contribution in [3.8, 4) is 0 Å². The summed E-state index contributed by atoms with van der Waals surface area (Å²) >= 11 is 0. The van der Waals surface area contributed by atoms with Gasteiger partial charge in [0.2, 0.25) is 0 Å². The van der Waals surface area contributed by atoms with Gasteiger partial charge in [0.15, 0.2) is 0 Å². The predicted molar refractivity (Wildman–Crippen MR) is 42.3 cm³/mol. The first-order valence-corrected chi connectivity index (χ1v) is 3.66. The summed E-state index contributed by atoms with van der Waals surface area (Å²) in [5, 5.41) is 0. The molecule has 0 bridgehead atoms. The van der Waals surface area contributed by atoms with E-state index < -0.39 is 0 Å². The Kier molecular flexibility index (Phi) is 5.64. The molecule has 0 rings (SSSR count). The first-order chi connectivity index (χ1) is 4.35. The monoisotopic (exact) mass is 127 g/mol. The molecule has 0 aliphatic rings. The molecule has 0 aromatic rings. The Morgan fingerprint density at radius 3 is 2.56 bits per heavy atom. The predicted octanol–water partition coefficient (Wildman–Crippen LogP) is 1.94. The molecule has 1 unspecified atom stereocenters. The van der Waals surface area contributed by atoms with Gasteiger partial charge in [0.1, 0.15) is 0 Å². The standard InChI is InChI=1S/C8H17N/c1-3-5-6-8(4-2)7-9/h3,5,8H,4,6-7,9H2,1-2H3/b5-3+. The molecule has 0 saturated carbocycles. The zero-order valence-corrected chi connectivity index (χ0v) is 6.43. The van der Waals surface area contributed by atoms with E-state index in [1.165, 1.54) is 6.42 Å². The van der Waals surface area contributed by atoms with Crippen LogP contribution in [0.1, 0.15) is 26.7 Å². The van der Waals surface area contributed by atoms with Crippen molar-refractivity contribution in [2.24, 2.45) is 11.7 Å². The molecule has 0 aromatic heterocycles. The van der Waals surface area contributed by atoms with Crippen LogP contribution in [0.25, 0.3) is 0 Å². The first-order valence-electron chi connectivity index (χ1n) is 3.66.